The lowest BCUT2D eigenvalue weighted by atomic mass is 10.1. The number of aryl methyl sites for hydroxylation is 1. The fraction of sp³-hybridized carbons (Fsp3) is 0.0476. The minimum absolute atomic E-state index is 0.304. The number of aromatic nitrogens is 1. The summed E-state index contributed by atoms with van der Waals surface area (Å²) in [5, 5.41) is 4.95. The van der Waals surface area contributed by atoms with Gasteiger partial charge in [0.05, 0.1) is 25.9 Å². The van der Waals surface area contributed by atoms with Crippen LogP contribution in [0.4, 0.5) is 5.69 Å². The van der Waals surface area contributed by atoms with Crippen molar-refractivity contribution in [2.24, 2.45) is 0 Å². The monoisotopic (exact) mass is 446 g/mol. The smallest absolute Gasteiger partial charge is 0.255 e. The molecule has 0 bridgehead atoms. The maximum atomic E-state index is 12.6. The standard InChI is InChI=1S/C21H13Cl3N2OS/c1-11-6-7-12(8-14(11)22)20(27)25-18-9-13(15(23)10-16(18)24)21-26-17-4-2-3-5-19(17)28-21/h2-10H,1H3,(H,25,27). The third-order valence-corrected chi connectivity index (χ3v) is 6.37. The maximum Gasteiger partial charge on any atom is 0.255 e. The molecule has 3 nitrogen and oxygen atoms in total. The van der Waals surface area contributed by atoms with Gasteiger partial charge in [-0.2, -0.15) is 0 Å². The van der Waals surface area contributed by atoms with Crippen LogP contribution in [0.5, 0.6) is 0 Å². The van der Waals surface area contributed by atoms with Crippen molar-refractivity contribution in [3.8, 4) is 10.6 Å². The average Bonchev–Trinajstić information content (AvgIpc) is 3.09. The summed E-state index contributed by atoms with van der Waals surface area (Å²) in [4.78, 5) is 17.3. The maximum absolute atomic E-state index is 12.6. The molecule has 0 saturated heterocycles. The highest BCUT2D eigenvalue weighted by atomic mass is 35.5. The number of halogens is 3. The van der Waals surface area contributed by atoms with Gasteiger partial charge in [-0.3, -0.25) is 4.79 Å². The lowest BCUT2D eigenvalue weighted by molar-refractivity contribution is 0.102. The van der Waals surface area contributed by atoms with E-state index in [4.69, 9.17) is 34.8 Å². The Balaban J connectivity index is 1.70. The largest absolute Gasteiger partial charge is 0.321 e. The number of nitrogens with zero attached hydrogens (tertiary/aromatic N) is 1. The van der Waals surface area contributed by atoms with Gasteiger partial charge in [-0.1, -0.05) is 53.0 Å². The highest BCUT2D eigenvalue weighted by molar-refractivity contribution is 7.21. The number of amides is 1. The van der Waals surface area contributed by atoms with Crippen molar-refractivity contribution in [1.82, 2.24) is 4.98 Å². The summed E-state index contributed by atoms with van der Waals surface area (Å²) in [5.41, 5.74) is 3.42. The molecule has 0 unspecified atom stereocenters. The Morgan fingerprint density at radius 3 is 2.50 bits per heavy atom. The van der Waals surface area contributed by atoms with Crippen molar-refractivity contribution in [1.29, 1.82) is 0 Å². The van der Waals surface area contributed by atoms with Crippen LogP contribution in [-0.2, 0) is 0 Å². The van der Waals surface area contributed by atoms with Crippen molar-refractivity contribution >= 4 is 68.0 Å². The van der Waals surface area contributed by atoms with Gasteiger partial charge in [-0.15, -0.1) is 11.3 Å². The van der Waals surface area contributed by atoms with Crippen LogP contribution in [0.25, 0.3) is 20.8 Å². The summed E-state index contributed by atoms with van der Waals surface area (Å²) in [7, 11) is 0. The van der Waals surface area contributed by atoms with Gasteiger partial charge in [-0.25, -0.2) is 4.98 Å². The summed E-state index contributed by atoms with van der Waals surface area (Å²) in [6.45, 7) is 1.88. The summed E-state index contributed by atoms with van der Waals surface area (Å²) < 4.78 is 1.06. The van der Waals surface area contributed by atoms with Gasteiger partial charge in [0.25, 0.3) is 5.91 Å². The van der Waals surface area contributed by atoms with E-state index in [0.29, 0.717) is 31.9 Å². The van der Waals surface area contributed by atoms with E-state index < -0.39 is 0 Å². The second kappa shape index (κ2) is 7.72. The van der Waals surface area contributed by atoms with Crippen molar-refractivity contribution in [2.45, 2.75) is 6.92 Å². The number of hydrogen-bond donors (Lipinski definition) is 1. The number of benzene rings is 3. The molecule has 4 rings (SSSR count). The fourth-order valence-electron chi connectivity index (χ4n) is 2.72. The van der Waals surface area contributed by atoms with Gasteiger partial charge >= 0.3 is 0 Å². The van der Waals surface area contributed by atoms with Crippen LogP contribution in [0.3, 0.4) is 0 Å². The number of anilines is 1. The van der Waals surface area contributed by atoms with Crippen molar-refractivity contribution in [2.75, 3.05) is 5.32 Å². The lowest BCUT2D eigenvalue weighted by Gasteiger charge is -2.11. The second-order valence-corrected chi connectivity index (χ2v) is 8.47. The first-order valence-electron chi connectivity index (χ1n) is 8.35. The van der Waals surface area contributed by atoms with Crippen molar-refractivity contribution in [3.05, 3.63) is 80.8 Å². The third-order valence-electron chi connectivity index (χ3n) is 4.26. The van der Waals surface area contributed by atoms with E-state index in [1.807, 2.05) is 31.2 Å². The van der Waals surface area contributed by atoms with Gasteiger partial charge in [-0.05, 0) is 48.9 Å². The molecule has 0 aliphatic carbocycles. The minimum atomic E-state index is -0.304. The number of carbonyl (C=O) groups excluding carboxylic acids is 1. The highest BCUT2D eigenvalue weighted by Crippen LogP contribution is 2.39. The Morgan fingerprint density at radius 2 is 1.75 bits per heavy atom. The molecule has 1 amide bonds. The van der Waals surface area contributed by atoms with Crippen LogP contribution in [0.2, 0.25) is 15.1 Å². The molecule has 0 aliphatic heterocycles. The van der Waals surface area contributed by atoms with E-state index in [1.54, 1.807) is 30.3 Å². The Bertz CT molecular complexity index is 1190. The molecule has 0 aliphatic rings. The number of carbonyl (C=O) groups is 1. The van der Waals surface area contributed by atoms with Gasteiger partial charge in [0, 0.05) is 16.1 Å². The second-order valence-electron chi connectivity index (χ2n) is 6.22. The van der Waals surface area contributed by atoms with E-state index in [9.17, 15) is 4.79 Å². The minimum Gasteiger partial charge on any atom is -0.321 e. The molecule has 1 N–H and O–H groups in total. The normalized spacial score (nSPS) is 11.0. The van der Waals surface area contributed by atoms with Crippen molar-refractivity contribution < 1.29 is 4.79 Å². The molecule has 1 heterocycles. The number of rotatable bonds is 3. The van der Waals surface area contributed by atoms with Crippen LogP contribution >= 0.6 is 46.1 Å². The molecular weight excluding hydrogens is 435 g/mol. The van der Waals surface area contributed by atoms with Crippen LogP contribution < -0.4 is 5.32 Å². The Kier molecular flexibility index (Phi) is 5.30. The first-order chi connectivity index (χ1) is 13.4. The number of nitrogens with one attached hydrogen (secondary N) is 1. The lowest BCUT2D eigenvalue weighted by Crippen LogP contribution is -2.12. The summed E-state index contributed by atoms with van der Waals surface area (Å²) >= 11 is 20.4. The summed E-state index contributed by atoms with van der Waals surface area (Å²) in [5.74, 6) is -0.304. The van der Waals surface area contributed by atoms with Gasteiger partial charge in [0.15, 0.2) is 0 Å². The highest BCUT2D eigenvalue weighted by Gasteiger charge is 2.16. The van der Waals surface area contributed by atoms with Gasteiger partial charge in [0.1, 0.15) is 5.01 Å². The Hall–Kier alpha value is -2.11. The van der Waals surface area contributed by atoms with Crippen LogP contribution in [0.1, 0.15) is 15.9 Å². The molecule has 0 saturated carbocycles. The van der Waals surface area contributed by atoms with Gasteiger partial charge in [0.2, 0.25) is 0 Å². The third kappa shape index (κ3) is 3.74. The molecule has 0 atom stereocenters. The topological polar surface area (TPSA) is 42.0 Å². The molecule has 1 aromatic heterocycles. The molecule has 140 valence electrons. The summed E-state index contributed by atoms with van der Waals surface area (Å²) in [6.07, 6.45) is 0. The average molecular weight is 448 g/mol. The first-order valence-corrected chi connectivity index (χ1v) is 10.3. The SMILES string of the molecule is Cc1ccc(C(=O)Nc2cc(-c3nc4ccccc4s3)c(Cl)cc2Cl)cc1Cl. The number of para-hydroxylation sites is 1. The molecular formula is C21H13Cl3N2OS. The van der Waals surface area contributed by atoms with E-state index in [-0.39, 0.29) is 5.91 Å². The zero-order valence-electron chi connectivity index (χ0n) is 14.6. The number of fused-ring (bicyclic) bond motifs is 1. The molecule has 28 heavy (non-hydrogen) atoms. The van der Waals surface area contributed by atoms with E-state index in [2.05, 4.69) is 10.3 Å². The van der Waals surface area contributed by atoms with E-state index >= 15 is 0 Å². The predicted molar refractivity (Wildman–Crippen MR) is 119 cm³/mol. The molecule has 3 aromatic carbocycles. The quantitative estimate of drug-likeness (QED) is 0.353. The number of hydrogen-bond acceptors (Lipinski definition) is 3. The van der Waals surface area contributed by atoms with Gasteiger partial charge < -0.3 is 5.32 Å². The molecule has 0 fully saturated rings. The Labute approximate surface area is 180 Å². The summed E-state index contributed by atoms with van der Waals surface area (Å²) in [6, 6.07) is 16.4. The molecule has 7 heteroatoms. The van der Waals surface area contributed by atoms with Crippen LogP contribution in [0, 0.1) is 6.92 Å². The first kappa shape index (κ1) is 19.2. The fourth-order valence-corrected chi connectivity index (χ4v) is 4.48. The molecule has 4 aromatic rings. The Morgan fingerprint density at radius 1 is 0.964 bits per heavy atom. The van der Waals surface area contributed by atoms with Crippen LogP contribution in [-0.4, -0.2) is 10.9 Å². The van der Waals surface area contributed by atoms with Crippen molar-refractivity contribution in [3.63, 3.8) is 0 Å². The van der Waals surface area contributed by atoms with E-state index in [0.717, 1.165) is 20.8 Å². The number of thiazole rings is 1. The van der Waals surface area contributed by atoms with E-state index in [1.165, 1.54) is 11.3 Å². The zero-order chi connectivity index (χ0) is 19.8. The zero-order valence-corrected chi connectivity index (χ0v) is 17.7. The molecule has 0 spiro atoms. The predicted octanol–water partition coefficient (Wildman–Crippen LogP) is 7.48. The molecule has 0 radical (unpaired) electrons. The van der Waals surface area contributed by atoms with Crippen LogP contribution in [0.15, 0.2) is 54.6 Å².